The van der Waals surface area contributed by atoms with Gasteiger partial charge in [0.05, 0.1) is 14.7 Å². The van der Waals surface area contributed by atoms with Crippen LogP contribution in [0.4, 0.5) is 0 Å². The largest absolute Gasteiger partial charge is 0.484 e. The monoisotopic (exact) mass is 226 g/mol. The quantitative estimate of drug-likeness (QED) is 0.745. The zero-order valence-electron chi connectivity index (χ0n) is 11.1. The summed E-state index contributed by atoms with van der Waals surface area (Å²) in [5.41, 5.74) is 1.31. The highest BCUT2D eigenvalue weighted by Crippen LogP contribution is 2.34. The summed E-state index contributed by atoms with van der Waals surface area (Å²) in [6.45, 7) is 0. The van der Waals surface area contributed by atoms with Crippen molar-refractivity contribution in [1.82, 2.24) is 0 Å². The lowest BCUT2D eigenvalue weighted by Crippen LogP contribution is -2.20. The van der Waals surface area contributed by atoms with Crippen LogP contribution in [0, 0.1) is 0 Å². The molecule has 0 fully saturated rings. The highest BCUT2D eigenvalue weighted by molar-refractivity contribution is 5.99. The van der Waals surface area contributed by atoms with E-state index in [9.17, 15) is 4.79 Å². The first kappa shape index (κ1) is 8.07. The van der Waals surface area contributed by atoms with Crippen molar-refractivity contribution in [2.75, 3.05) is 0 Å². The van der Waals surface area contributed by atoms with Crippen LogP contribution in [0.1, 0.15) is 31.2 Å². The van der Waals surface area contributed by atoms with E-state index in [2.05, 4.69) is 0 Å². The summed E-state index contributed by atoms with van der Waals surface area (Å²) in [5.74, 6) is 0.611. The molecule has 1 aliphatic heterocycles. The molecule has 3 rings (SSSR count). The van der Waals surface area contributed by atoms with Gasteiger partial charge in [0.1, 0.15) is 11.9 Å². The molecule has 2 aromatic carbocycles. The molecule has 0 N–H and O–H groups in total. The Morgan fingerprint density at radius 2 is 1.88 bits per heavy atom. The summed E-state index contributed by atoms with van der Waals surface area (Å²) in [7, 11) is 0. The minimum atomic E-state index is -0.406. The van der Waals surface area contributed by atoms with Crippen LogP contribution in [0.3, 0.4) is 0 Å². The maximum atomic E-state index is 12.1. The molecule has 1 aliphatic rings. The molecule has 0 saturated heterocycles. The fourth-order valence-corrected chi connectivity index (χ4v) is 2.01. The van der Waals surface area contributed by atoms with Crippen LogP contribution < -0.4 is 4.74 Å². The number of benzene rings is 2. The van der Waals surface area contributed by atoms with Crippen molar-refractivity contribution in [2.45, 2.75) is 12.5 Å². The van der Waals surface area contributed by atoms with Crippen molar-refractivity contribution in [3.05, 3.63) is 65.7 Å². The van der Waals surface area contributed by atoms with E-state index in [0.29, 0.717) is 16.9 Å². The average Bonchev–Trinajstić information content (AvgIpc) is 2.37. The van der Waals surface area contributed by atoms with Crippen LogP contribution in [0.2, 0.25) is 0 Å². The summed E-state index contributed by atoms with van der Waals surface area (Å²) in [5, 5.41) is 0. The number of hydrogen-bond donors (Lipinski definition) is 0. The molecule has 2 heteroatoms. The molecular formula is C15H12O2. The first-order valence-corrected chi connectivity index (χ1v) is 5.50. The molecule has 0 saturated carbocycles. The standard InChI is InChI=1S/C15H12O2/c16-13-10-15(11-6-2-1-3-7-11)17-14-9-5-4-8-12(13)14/h1-9,15H,10H2/i2D,3D. The SMILES string of the molecule is [2H]c1cc([2H])cc(C2CC(=O)c3ccccc3O2)c1. The van der Waals surface area contributed by atoms with Gasteiger partial charge in [-0.1, -0.05) is 42.4 Å². The molecule has 0 spiro atoms. The first-order chi connectivity index (χ1) is 9.13. The van der Waals surface area contributed by atoms with Crippen LogP contribution in [0.25, 0.3) is 0 Å². The Morgan fingerprint density at radius 1 is 1.12 bits per heavy atom. The number of hydrogen-bond acceptors (Lipinski definition) is 2. The zero-order valence-corrected chi connectivity index (χ0v) is 9.14. The van der Waals surface area contributed by atoms with Crippen molar-refractivity contribution >= 4 is 5.78 Å². The molecule has 0 radical (unpaired) electrons. The zero-order chi connectivity index (χ0) is 13.4. The molecule has 1 heterocycles. The Hall–Kier alpha value is -2.09. The molecule has 2 nitrogen and oxygen atoms in total. The fourth-order valence-electron chi connectivity index (χ4n) is 2.01. The number of ether oxygens (including phenoxy) is 1. The van der Waals surface area contributed by atoms with E-state index in [4.69, 9.17) is 7.48 Å². The van der Waals surface area contributed by atoms with Crippen LogP contribution in [-0.2, 0) is 0 Å². The number of fused-ring (bicyclic) bond motifs is 1. The van der Waals surface area contributed by atoms with Crippen molar-refractivity contribution in [1.29, 1.82) is 0 Å². The Bertz CT molecular complexity index is 632. The van der Waals surface area contributed by atoms with Crippen molar-refractivity contribution in [2.24, 2.45) is 0 Å². The Labute approximate surface area is 103 Å². The Balaban J connectivity index is 1.99. The molecule has 0 bridgehead atoms. The van der Waals surface area contributed by atoms with E-state index in [1.165, 1.54) is 6.07 Å². The molecule has 0 aliphatic carbocycles. The van der Waals surface area contributed by atoms with Crippen molar-refractivity contribution < 1.29 is 12.3 Å². The highest BCUT2D eigenvalue weighted by Gasteiger charge is 2.26. The number of Topliss-reactive ketones (excluding diaryl/α,β-unsaturated/α-hetero) is 1. The molecule has 1 atom stereocenters. The predicted molar refractivity (Wildman–Crippen MR) is 65.2 cm³/mol. The van der Waals surface area contributed by atoms with Gasteiger partial charge in [0.25, 0.3) is 0 Å². The van der Waals surface area contributed by atoms with E-state index in [1.807, 2.05) is 12.1 Å². The van der Waals surface area contributed by atoms with Crippen LogP contribution >= 0.6 is 0 Å². The number of ketones is 1. The molecule has 0 amide bonds. The maximum absolute atomic E-state index is 12.1. The smallest absolute Gasteiger partial charge is 0.170 e. The van der Waals surface area contributed by atoms with Gasteiger partial charge in [0.15, 0.2) is 5.78 Å². The third-order valence-electron chi connectivity index (χ3n) is 2.87. The van der Waals surface area contributed by atoms with E-state index < -0.39 is 6.10 Å². The first-order valence-electron chi connectivity index (χ1n) is 6.50. The Morgan fingerprint density at radius 3 is 2.71 bits per heavy atom. The van der Waals surface area contributed by atoms with Gasteiger partial charge in [0.2, 0.25) is 0 Å². The number of carbonyl (C=O) groups is 1. The summed E-state index contributed by atoms with van der Waals surface area (Å²) >= 11 is 0. The van der Waals surface area contributed by atoms with Crippen LogP contribution in [0.5, 0.6) is 5.75 Å². The molecule has 0 aromatic heterocycles. The summed E-state index contributed by atoms with van der Waals surface area (Å²) in [6, 6.07) is 12.4. The van der Waals surface area contributed by atoms with Gasteiger partial charge in [-0.15, -0.1) is 0 Å². The average molecular weight is 226 g/mol. The van der Waals surface area contributed by atoms with Gasteiger partial charge in [-0.2, -0.15) is 0 Å². The van der Waals surface area contributed by atoms with E-state index in [0.717, 1.165) is 0 Å². The fraction of sp³-hybridized carbons (Fsp3) is 0.133. The van der Waals surface area contributed by atoms with E-state index >= 15 is 0 Å². The van der Waals surface area contributed by atoms with Gasteiger partial charge >= 0.3 is 0 Å². The molecule has 2 aromatic rings. The second kappa shape index (κ2) is 4.06. The summed E-state index contributed by atoms with van der Waals surface area (Å²) in [6.07, 6.45) is -0.156. The molecule has 1 unspecified atom stereocenters. The van der Waals surface area contributed by atoms with Crippen molar-refractivity contribution in [3.8, 4) is 5.75 Å². The third kappa shape index (κ3) is 1.82. The molecule has 84 valence electrons. The lowest BCUT2D eigenvalue weighted by molar-refractivity contribution is 0.0850. The van der Waals surface area contributed by atoms with Crippen LogP contribution in [-0.4, -0.2) is 5.78 Å². The minimum Gasteiger partial charge on any atom is -0.484 e. The normalized spacial score (nSPS) is 20.0. The maximum Gasteiger partial charge on any atom is 0.170 e. The van der Waals surface area contributed by atoms with Gasteiger partial charge in [-0.25, -0.2) is 0 Å². The third-order valence-corrected chi connectivity index (χ3v) is 2.87. The molecular weight excluding hydrogens is 212 g/mol. The summed E-state index contributed by atoms with van der Waals surface area (Å²) < 4.78 is 21.1. The number of rotatable bonds is 1. The van der Waals surface area contributed by atoms with Gasteiger partial charge in [-0.05, 0) is 17.7 Å². The Kier molecular flexibility index (Phi) is 1.92. The lowest BCUT2D eigenvalue weighted by atomic mass is 9.96. The predicted octanol–water partition coefficient (Wildman–Crippen LogP) is 3.39. The second-order valence-electron chi connectivity index (χ2n) is 4.00. The second-order valence-corrected chi connectivity index (χ2v) is 4.00. The van der Waals surface area contributed by atoms with E-state index in [-0.39, 0.29) is 24.3 Å². The molecule has 17 heavy (non-hydrogen) atoms. The topological polar surface area (TPSA) is 26.3 Å². The highest BCUT2D eigenvalue weighted by atomic mass is 16.5. The number of carbonyl (C=O) groups excluding carboxylic acids is 1. The summed E-state index contributed by atoms with van der Waals surface area (Å²) in [4.78, 5) is 12.1. The van der Waals surface area contributed by atoms with Gasteiger partial charge in [0, 0.05) is 0 Å². The van der Waals surface area contributed by atoms with E-state index in [1.54, 1.807) is 24.3 Å². The van der Waals surface area contributed by atoms with Gasteiger partial charge < -0.3 is 4.74 Å². The van der Waals surface area contributed by atoms with Crippen LogP contribution in [0.15, 0.2) is 54.5 Å². The minimum absolute atomic E-state index is 0.0359. The van der Waals surface area contributed by atoms with Crippen molar-refractivity contribution in [3.63, 3.8) is 0 Å². The lowest BCUT2D eigenvalue weighted by Gasteiger charge is -2.25. The number of para-hydroxylation sites is 1. The van der Waals surface area contributed by atoms with Gasteiger partial charge in [-0.3, -0.25) is 4.79 Å².